The fourth-order valence-corrected chi connectivity index (χ4v) is 1.34. The van der Waals surface area contributed by atoms with Crippen LogP contribution in [0.25, 0.3) is 0 Å². The molecule has 0 fully saturated rings. The summed E-state index contributed by atoms with van der Waals surface area (Å²) in [5.41, 5.74) is -1.11. The SMILES string of the molecule is COC(=O)C(O)C(O)c1ccc(F)cc1[N+](=O)[O-]. The lowest BCUT2D eigenvalue weighted by Crippen LogP contribution is -2.29. The second kappa shape index (κ2) is 5.52. The van der Waals surface area contributed by atoms with E-state index in [9.17, 15) is 29.5 Å². The maximum Gasteiger partial charge on any atom is 0.337 e. The summed E-state index contributed by atoms with van der Waals surface area (Å²) >= 11 is 0. The highest BCUT2D eigenvalue weighted by atomic mass is 19.1. The number of ether oxygens (including phenoxy) is 1. The molecule has 0 aromatic heterocycles. The summed E-state index contributed by atoms with van der Waals surface area (Å²) in [5.74, 6) is -2.02. The van der Waals surface area contributed by atoms with Gasteiger partial charge in [-0.15, -0.1) is 0 Å². The molecule has 0 aliphatic carbocycles. The van der Waals surface area contributed by atoms with Crippen LogP contribution in [0, 0.1) is 15.9 Å². The number of hydrogen-bond donors (Lipinski definition) is 2. The molecule has 18 heavy (non-hydrogen) atoms. The lowest BCUT2D eigenvalue weighted by molar-refractivity contribution is -0.386. The molecule has 1 rings (SSSR count). The Balaban J connectivity index is 3.16. The van der Waals surface area contributed by atoms with Crippen molar-refractivity contribution in [2.45, 2.75) is 12.2 Å². The zero-order valence-electron chi connectivity index (χ0n) is 9.24. The van der Waals surface area contributed by atoms with Gasteiger partial charge in [0.15, 0.2) is 6.10 Å². The average molecular weight is 259 g/mol. The van der Waals surface area contributed by atoms with Crippen molar-refractivity contribution in [3.05, 3.63) is 39.7 Å². The number of benzene rings is 1. The van der Waals surface area contributed by atoms with Crippen molar-refractivity contribution in [3.8, 4) is 0 Å². The highest BCUT2D eigenvalue weighted by Gasteiger charge is 2.31. The number of hydrogen-bond acceptors (Lipinski definition) is 6. The van der Waals surface area contributed by atoms with Crippen LogP contribution in [0.4, 0.5) is 10.1 Å². The van der Waals surface area contributed by atoms with Gasteiger partial charge in [-0.2, -0.15) is 0 Å². The van der Waals surface area contributed by atoms with Gasteiger partial charge in [0.2, 0.25) is 0 Å². The second-order valence-electron chi connectivity index (χ2n) is 3.37. The van der Waals surface area contributed by atoms with Crippen LogP contribution >= 0.6 is 0 Å². The molecule has 8 heteroatoms. The number of carbonyl (C=O) groups excluding carboxylic acids is 1. The summed E-state index contributed by atoms with van der Waals surface area (Å²) in [6.07, 6.45) is -3.86. The minimum atomic E-state index is -1.99. The van der Waals surface area contributed by atoms with Crippen molar-refractivity contribution in [2.75, 3.05) is 7.11 Å². The molecule has 0 spiro atoms. The average Bonchev–Trinajstić information content (AvgIpc) is 2.35. The van der Waals surface area contributed by atoms with Gasteiger partial charge in [-0.25, -0.2) is 9.18 Å². The molecule has 0 saturated carbocycles. The lowest BCUT2D eigenvalue weighted by Gasteiger charge is -2.15. The van der Waals surface area contributed by atoms with Gasteiger partial charge in [-0.05, 0) is 12.1 Å². The lowest BCUT2D eigenvalue weighted by atomic mass is 10.0. The van der Waals surface area contributed by atoms with E-state index < -0.39 is 34.6 Å². The van der Waals surface area contributed by atoms with Crippen LogP contribution in [-0.4, -0.2) is 34.3 Å². The summed E-state index contributed by atoms with van der Waals surface area (Å²) in [6, 6.07) is 2.38. The number of nitro groups is 1. The van der Waals surface area contributed by atoms with Gasteiger partial charge in [-0.1, -0.05) is 0 Å². The third kappa shape index (κ3) is 2.79. The fourth-order valence-electron chi connectivity index (χ4n) is 1.34. The molecule has 98 valence electrons. The molecule has 7 nitrogen and oxygen atoms in total. The van der Waals surface area contributed by atoms with E-state index in [1.165, 1.54) is 0 Å². The van der Waals surface area contributed by atoms with Gasteiger partial charge in [0, 0.05) is 0 Å². The van der Waals surface area contributed by atoms with E-state index in [2.05, 4.69) is 4.74 Å². The van der Waals surface area contributed by atoms with Crippen LogP contribution in [0.1, 0.15) is 11.7 Å². The summed E-state index contributed by atoms with van der Waals surface area (Å²) in [6.45, 7) is 0. The molecule has 1 aromatic carbocycles. The number of nitrogens with zero attached hydrogens (tertiary/aromatic N) is 1. The van der Waals surface area contributed by atoms with E-state index in [1.54, 1.807) is 0 Å². The maximum atomic E-state index is 12.9. The first-order valence-corrected chi connectivity index (χ1v) is 4.76. The summed E-state index contributed by atoms with van der Waals surface area (Å²) < 4.78 is 17.0. The number of aliphatic hydroxyl groups is 2. The minimum absolute atomic E-state index is 0.376. The van der Waals surface area contributed by atoms with E-state index in [4.69, 9.17) is 0 Å². The monoisotopic (exact) mass is 259 g/mol. The fraction of sp³-hybridized carbons (Fsp3) is 0.300. The minimum Gasteiger partial charge on any atom is -0.467 e. The molecule has 2 N–H and O–H groups in total. The van der Waals surface area contributed by atoms with Gasteiger partial charge in [0.1, 0.15) is 11.9 Å². The van der Waals surface area contributed by atoms with Crippen LogP contribution in [0.5, 0.6) is 0 Å². The molecular weight excluding hydrogens is 249 g/mol. The van der Waals surface area contributed by atoms with Crippen molar-refractivity contribution >= 4 is 11.7 Å². The highest BCUT2D eigenvalue weighted by molar-refractivity contribution is 5.75. The number of carbonyl (C=O) groups is 1. The van der Waals surface area contributed by atoms with Gasteiger partial charge in [-0.3, -0.25) is 10.1 Å². The predicted molar refractivity (Wildman–Crippen MR) is 56.0 cm³/mol. The molecule has 0 heterocycles. The summed E-state index contributed by atoms with van der Waals surface area (Å²) in [5, 5.41) is 29.7. The smallest absolute Gasteiger partial charge is 0.337 e. The zero-order chi connectivity index (χ0) is 13.9. The molecule has 0 radical (unpaired) electrons. The number of rotatable bonds is 4. The second-order valence-corrected chi connectivity index (χ2v) is 3.37. The van der Waals surface area contributed by atoms with Crippen molar-refractivity contribution < 1.29 is 29.1 Å². The summed E-state index contributed by atoms with van der Waals surface area (Å²) in [4.78, 5) is 20.7. The van der Waals surface area contributed by atoms with Crippen LogP contribution < -0.4 is 0 Å². The first kappa shape index (κ1) is 14.0. The Hall–Kier alpha value is -2.06. The number of aliphatic hydroxyl groups excluding tert-OH is 2. The number of esters is 1. The largest absolute Gasteiger partial charge is 0.467 e. The maximum absolute atomic E-state index is 12.9. The van der Waals surface area contributed by atoms with Crippen LogP contribution in [-0.2, 0) is 9.53 Å². The predicted octanol–water partition coefficient (Wildman–Crippen LogP) is 0.301. The Morgan fingerprint density at radius 2 is 2.11 bits per heavy atom. The summed E-state index contributed by atoms with van der Waals surface area (Å²) in [7, 11) is 0.983. The molecule has 0 aliphatic rings. The topological polar surface area (TPSA) is 110 Å². The van der Waals surface area contributed by atoms with Gasteiger partial charge < -0.3 is 14.9 Å². The van der Waals surface area contributed by atoms with Crippen LogP contribution in [0.3, 0.4) is 0 Å². The van der Waals surface area contributed by atoms with Crippen molar-refractivity contribution in [1.82, 2.24) is 0 Å². The molecule has 0 aliphatic heterocycles. The Bertz CT molecular complexity index is 477. The normalized spacial score (nSPS) is 13.8. The Morgan fingerprint density at radius 1 is 1.50 bits per heavy atom. The Kier molecular flexibility index (Phi) is 4.29. The van der Waals surface area contributed by atoms with Crippen molar-refractivity contribution in [2.24, 2.45) is 0 Å². The molecule has 2 unspecified atom stereocenters. The molecular formula is C10H10FNO6. The van der Waals surface area contributed by atoms with Gasteiger partial charge >= 0.3 is 5.97 Å². The van der Waals surface area contributed by atoms with E-state index >= 15 is 0 Å². The van der Waals surface area contributed by atoms with Crippen LogP contribution in [0.2, 0.25) is 0 Å². The van der Waals surface area contributed by atoms with E-state index in [-0.39, 0.29) is 5.56 Å². The number of methoxy groups -OCH3 is 1. The Morgan fingerprint density at radius 3 is 2.61 bits per heavy atom. The number of nitro benzene ring substituents is 1. The molecule has 0 bridgehead atoms. The first-order valence-electron chi connectivity index (χ1n) is 4.76. The van der Waals surface area contributed by atoms with E-state index in [1.807, 2.05) is 0 Å². The first-order chi connectivity index (χ1) is 8.38. The quantitative estimate of drug-likeness (QED) is 0.457. The third-order valence-corrected chi connectivity index (χ3v) is 2.25. The standard InChI is InChI=1S/C10H10FNO6/c1-18-10(15)9(14)8(13)6-3-2-5(11)4-7(6)12(16)17/h2-4,8-9,13-14H,1H3. The van der Waals surface area contributed by atoms with Crippen LogP contribution in [0.15, 0.2) is 18.2 Å². The molecule has 0 amide bonds. The third-order valence-electron chi connectivity index (χ3n) is 2.25. The van der Waals surface area contributed by atoms with E-state index in [0.29, 0.717) is 6.07 Å². The van der Waals surface area contributed by atoms with Gasteiger partial charge in [0.25, 0.3) is 5.69 Å². The molecule has 2 atom stereocenters. The molecule has 0 saturated heterocycles. The number of halogens is 1. The van der Waals surface area contributed by atoms with E-state index in [0.717, 1.165) is 19.2 Å². The highest BCUT2D eigenvalue weighted by Crippen LogP contribution is 2.28. The Labute approximate surface area is 101 Å². The molecule has 1 aromatic rings. The van der Waals surface area contributed by atoms with Crippen molar-refractivity contribution in [1.29, 1.82) is 0 Å². The zero-order valence-corrected chi connectivity index (χ0v) is 9.24. The van der Waals surface area contributed by atoms with Gasteiger partial charge in [0.05, 0.1) is 23.7 Å². The van der Waals surface area contributed by atoms with Crippen molar-refractivity contribution in [3.63, 3.8) is 0 Å².